The van der Waals surface area contributed by atoms with E-state index in [0.29, 0.717) is 18.0 Å². The molecule has 0 aliphatic heterocycles. The predicted molar refractivity (Wildman–Crippen MR) is 72.2 cm³/mol. The number of benzene rings is 1. The van der Waals surface area contributed by atoms with Crippen LogP contribution in [0.4, 0.5) is 10.1 Å². The summed E-state index contributed by atoms with van der Waals surface area (Å²) in [5, 5.41) is 0. The number of aryl methyl sites for hydroxylation is 1. The summed E-state index contributed by atoms with van der Waals surface area (Å²) < 4.78 is 14.5. The molecule has 0 atom stereocenters. The highest BCUT2D eigenvalue weighted by Gasteiger charge is 2.02. The molecule has 94 valence electrons. The van der Waals surface area contributed by atoms with Crippen LogP contribution in [0.3, 0.4) is 0 Å². The van der Waals surface area contributed by atoms with E-state index in [2.05, 4.69) is 0 Å². The zero-order valence-corrected chi connectivity index (χ0v) is 10.5. The molecule has 3 nitrogen and oxygen atoms in total. The van der Waals surface area contributed by atoms with Crippen molar-refractivity contribution in [2.45, 2.75) is 11.4 Å². The maximum Gasteiger partial charge on any atom is 0.250 e. The molecule has 1 heterocycles. The number of thioether (sulfide) groups is 1. The minimum absolute atomic E-state index is 0.0230. The Hall–Kier alpha value is -1.75. The summed E-state index contributed by atoms with van der Waals surface area (Å²) in [5.74, 6) is 0.371. The molecule has 1 aromatic carbocycles. The fourth-order valence-corrected chi connectivity index (χ4v) is 2.45. The topological polar surface area (TPSA) is 48.0 Å². The first-order valence-corrected chi connectivity index (χ1v) is 6.48. The molecule has 2 N–H and O–H groups in total. The molecule has 0 saturated heterocycles. The number of hydrogen-bond acceptors (Lipinski definition) is 3. The van der Waals surface area contributed by atoms with E-state index < -0.39 is 0 Å². The molecule has 0 aliphatic rings. The van der Waals surface area contributed by atoms with Gasteiger partial charge in [-0.3, -0.25) is 4.79 Å². The van der Waals surface area contributed by atoms with Crippen molar-refractivity contribution in [1.82, 2.24) is 4.57 Å². The second kappa shape index (κ2) is 5.73. The van der Waals surface area contributed by atoms with Crippen molar-refractivity contribution in [3.63, 3.8) is 0 Å². The van der Waals surface area contributed by atoms with Crippen molar-refractivity contribution in [1.29, 1.82) is 0 Å². The number of nitrogens with two attached hydrogens (primary N) is 1. The molecule has 2 rings (SSSR count). The Morgan fingerprint density at radius 2 is 2.11 bits per heavy atom. The number of anilines is 1. The van der Waals surface area contributed by atoms with Crippen LogP contribution < -0.4 is 11.3 Å². The molecule has 2 aromatic rings. The summed E-state index contributed by atoms with van der Waals surface area (Å²) in [6.07, 6.45) is 1.75. The SMILES string of the molecule is Nc1cc(F)ccc1SCCn1ccccc1=O. The van der Waals surface area contributed by atoms with Crippen LogP contribution in [0.25, 0.3) is 0 Å². The molecule has 18 heavy (non-hydrogen) atoms. The van der Waals surface area contributed by atoms with E-state index in [-0.39, 0.29) is 11.4 Å². The summed E-state index contributed by atoms with van der Waals surface area (Å²) in [5.41, 5.74) is 6.11. The highest BCUT2D eigenvalue weighted by molar-refractivity contribution is 7.99. The number of halogens is 1. The number of rotatable bonds is 4. The second-order valence-electron chi connectivity index (χ2n) is 3.76. The molecule has 0 amide bonds. The molecular weight excluding hydrogens is 251 g/mol. The summed E-state index contributed by atoms with van der Waals surface area (Å²) in [6.45, 7) is 0.598. The Morgan fingerprint density at radius 3 is 2.83 bits per heavy atom. The van der Waals surface area contributed by atoms with E-state index in [1.165, 1.54) is 30.0 Å². The van der Waals surface area contributed by atoms with Crippen LogP contribution in [0.1, 0.15) is 0 Å². The third-order valence-electron chi connectivity index (χ3n) is 2.46. The van der Waals surface area contributed by atoms with Gasteiger partial charge in [0.1, 0.15) is 5.82 Å². The second-order valence-corrected chi connectivity index (χ2v) is 4.90. The number of hydrogen-bond donors (Lipinski definition) is 1. The molecule has 0 bridgehead atoms. The lowest BCUT2D eigenvalue weighted by molar-refractivity contribution is 0.627. The Balaban J connectivity index is 1.97. The van der Waals surface area contributed by atoms with E-state index in [0.717, 1.165) is 4.90 Å². The first-order valence-electron chi connectivity index (χ1n) is 5.50. The summed E-state index contributed by atoms with van der Waals surface area (Å²) in [7, 11) is 0. The molecule has 0 aliphatic carbocycles. The van der Waals surface area contributed by atoms with Crippen LogP contribution in [-0.4, -0.2) is 10.3 Å². The smallest absolute Gasteiger partial charge is 0.250 e. The lowest BCUT2D eigenvalue weighted by Crippen LogP contribution is -2.18. The van der Waals surface area contributed by atoms with Gasteiger partial charge in [-0.15, -0.1) is 11.8 Å². The highest BCUT2D eigenvalue weighted by Crippen LogP contribution is 2.25. The average Bonchev–Trinajstić information content (AvgIpc) is 2.34. The fourth-order valence-electron chi connectivity index (χ4n) is 1.55. The van der Waals surface area contributed by atoms with Crippen molar-refractivity contribution in [3.8, 4) is 0 Å². The lowest BCUT2D eigenvalue weighted by Gasteiger charge is -2.07. The van der Waals surface area contributed by atoms with Gasteiger partial charge in [0.15, 0.2) is 0 Å². The summed E-state index contributed by atoms with van der Waals surface area (Å²) >= 11 is 1.51. The monoisotopic (exact) mass is 264 g/mol. The number of pyridine rings is 1. The van der Waals surface area contributed by atoms with Crippen molar-refractivity contribution in [2.24, 2.45) is 0 Å². The first kappa shape index (κ1) is 12.7. The molecule has 5 heteroatoms. The molecular formula is C13H13FN2OS. The van der Waals surface area contributed by atoms with Crippen molar-refractivity contribution in [2.75, 3.05) is 11.5 Å². The average molecular weight is 264 g/mol. The van der Waals surface area contributed by atoms with E-state index in [4.69, 9.17) is 5.73 Å². The van der Waals surface area contributed by atoms with Gasteiger partial charge in [0.25, 0.3) is 5.56 Å². The van der Waals surface area contributed by atoms with Crippen LogP contribution in [0.5, 0.6) is 0 Å². The van der Waals surface area contributed by atoms with E-state index in [1.54, 1.807) is 22.9 Å². The van der Waals surface area contributed by atoms with Crippen molar-refractivity contribution < 1.29 is 4.39 Å². The highest BCUT2D eigenvalue weighted by atomic mass is 32.2. The van der Waals surface area contributed by atoms with E-state index >= 15 is 0 Å². The largest absolute Gasteiger partial charge is 0.398 e. The molecule has 0 spiro atoms. The van der Waals surface area contributed by atoms with Gasteiger partial charge in [-0.1, -0.05) is 6.07 Å². The Morgan fingerprint density at radius 1 is 1.28 bits per heavy atom. The van der Waals surface area contributed by atoms with Gasteiger partial charge < -0.3 is 10.3 Å². The van der Waals surface area contributed by atoms with Gasteiger partial charge in [-0.25, -0.2) is 4.39 Å². The van der Waals surface area contributed by atoms with Crippen LogP contribution in [0.2, 0.25) is 0 Å². The maximum atomic E-state index is 12.9. The minimum Gasteiger partial charge on any atom is -0.398 e. The zero-order valence-electron chi connectivity index (χ0n) is 9.67. The Labute approximate surface area is 108 Å². The fraction of sp³-hybridized carbons (Fsp3) is 0.154. The van der Waals surface area contributed by atoms with E-state index in [1.807, 2.05) is 6.07 Å². The molecule has 0 saturated carbocycles. The van der Waals surface area contributed by atoms with Gasteiger partial charge in [-0.2, -0.15) is 0 Å². The number of nitrogens with zero attached hydrogens (tertiary/aromatic N) is 1. The quantitative estimate of drug-likeness (QED) is 0.681. The Kier molecular flexibility index (Phi) is 4.04. The third-order valence-corrected chi connectivity index (χ3v) is 3.53. The zero-order chi connectivity index (χ0) is 13.0. The van der Waals surface area contributed by atoms with Crippen LogP contribution in [-0.2, 0) is 6.54 Å². The van der Waals surface area contributed by atoms with Crippen molar-refractivity contribution >= 4 is 17.4 Å². The summed E-state index contributed by atoms with van der Waals surface area (Å²) in [4.78, 5) is 12.3. The summed E-state index contributed by atoms with van der Waals surface area (Å²) in [6, 6.07) is 9.40. The standard InChI is InChI=1S/C13H13FN2OS/c14-10-4-5-12(11(15)9-10)18-8-7-16-6-2-1-3-13(16)17/h1-6,9H,7-8,15H2. The molecule has 0 radical (unpaired) electrons. The maximum absolute atomic E-state index is 12.9. The van der Waals surface area contributed by atoms with Crippen molar-refractivity contribution in [3.05, 3.63) is 58.8 Å². The van der Waals surface area contributed by atoms with Gasteiger partial charge in [0, 0.05) is 35.1 Å². The third kappa shape index (κ3) is 3.13. The first-order chi connectivity index (χ1) is 8.66. The molecule has 1 aromatic heterocycles. The Bertz CT molecular complexity index is 598. The molecule has 0 fully saturated rings. The van der Waals surface area contributed by atoms with Crippen LogP contribution in [0, 0.1) is 5.82 Å². The van der Waals surface area contributed by atoms with Gasteiger partial charge in [-0.05, 0) is 24.3 Å². The van der Waals surface area contributed by atoms with E-state index in [9.17, 15) is 9.18 Å². The number of nitrogen functional groups attached to an aromatic ring is 1. The van der Waals surface area contributed by atoms with Gasteiger partial charge >= 0.3 is 0 Å². The lowest BCUT2D eigenvalue weighted by atomic mass is 10.3. The van der Waals surface area contributed by atoms with Gasteiger partial charge in [0.05, 0.1) is 0 Å². The minimum atomic E-state index is -0.337. The van der Waals surface area contributed by atoms with Gasteiger partial charge in [0.2, 0.25) is 0 Å². The molecule has 0 unspecified atom stereocenters. The normalized spacial score (nSPS) is 10.5. The van der Waals surface area contributed by atoms with Crippen LogP contribution >= 0.6 is 11.8 Å². The predicted octanol–water partition coefficient (Wildman–Crippen LogP) is 2.36. The van der Waals surface area contributed by atoms with Crippen LogP contribution in [0.15, 0.2) is 52.3 Å². The number of aromatic nitrogens is 1.